The topological polar surface area (TPSA) is 117 Å². The molecule has 0 fully saturated rings. The number of nitrogens with zero attached hydrogens (tertiary/aromatic N) is 2. The SMILES string of the molecule is O=C(NCCc1ncno1)Nc1cc(C(=O)O)ccc1F. The van der Waals surface area contributed by atoms with Gasteiger partial charge in [0.2, 0.25) is 5.89 Å². The highest BCUT2D eigenvalue weighted by Crippen LogP contribution is 2.16. The second kappa shape index (κ2) is 6.46. The van der Waals surface area contributed by atoms with Crippen LogP contribution in [0.15, 0.2) is 29.0 Å². The number of carboxylic acids is 1. The maximum Gasteiger partial charge on any atom is 0.335 e. The predicted molar refractivity (Wildman–Crippen MR) is 68.4 cm³/mol. The van der Waals surface area contributed by atoms with Crippen LogP contribution < -0.4 is 10.6 Å². The van der Waals surface area contributed by atoms with E-state index in [0.29, 0.717) is 12.3 Å². The first kappa shape index (κ1) is 14.4. The van der Waals surface area contributed by atoms with Gasteiger partial charge in [0.15, 0.2) is 6.33 Å². The minimum absolute atomic E-state index is 0.127. The number of rotatable bonds is 5. The number of carbonyl (C=O) groups excluding carboxylic acids is 1. The first-order valence-corrected chi connectivity index (χ1v) is 5.89. The van der Waals surface area contributed by atoms with E-state index in [1.54, 1.807) is 0 Å². The molecule has 0 unspecified atom stereocenters. The minimum Gasteiger partial charge on any atom is -0.478 e. The van der Waals surface area contributed by atoms with Crippen molar-refractivity contribution in [3.63, 3.8) is 0 Å². The van der Waals surface area contributed by atoms with Crippen molar-refractivity contribution < 1.29 is 23.6 Å². The maximum atomic E-state index is 13.5. The highest BCUT2D eigenvalue weighted by molar-refractivity contribution is 5.93. The van der Waals surface area contributed by atoms with Gasteiger partial charge >= 0.3 is 12.0 Å². The Kier molecular flexibility index (Phi) is 4.44. The van der Waals surface area contributed by atoms with Crippen LogP contribution in [-0.4, -0.2) is 33.8 Å². The van der Waals surface area contributed by atoms with E-state index in [1.807, 2.05) is 0 Å². The fourth-order valence-electron chi connectivity index (χ4n) is 1.51. The van der Waals surface area contributed by atoms with Crippen molar-refractivity contribution >= 4 is 17.7 Å². The van der Waals surface area contributed by atoms with E-state index in [-0.39, 0.29) is 17.8 Å². The van der Waals surface area contributed by atoms with E-state index in [1.165, 1.54) is 6.33 Å². The van der Waals surface area contributed by atoms with E-state index < -0.39 is 17.8 Å². The van der Waals surface area contributed by atoms with Gasteiger partial charge in [-0.2, -0.15) is 4.98 Å². The Balaban J connectivity index is 1.90. The summed E-state index contributed by atoms with van der Waals surface area (Å²) in [5.74, 6) is -1.59. The number of urea groups is 1. The van der Waals surface area contributed by atoms with Gasteiger partial charge in [-0.15, -0.1) is 0 Å². The van der Waals surface area contributed by atoms with Crippen molar-refractivity contribution in [1.29, 1.82) is 0 Å². The van der Waals surface area contributed by atoms with E-state index in [2.05, 4.69) is 20.8 Å². The molecule has 8 nitrogen and oxygen atoms in total. The van der Waals surface area contributed by atoms with Gasteiger partial charge in [0, 0.05) is 13.0 Å². The summed E-state index contributed by atoms with van der Waals surface area (Å²) in [5, 5.41) is 16.9. The molecular formula is C12H11FN4O4. The highest BCUT2D eigenvalue weighted by atomic mass is 19.1. The number of aromatic carboxylic acids is 1. The van der Waals surface area contributed by atoms with E-state index in [4.69, 9.17) is 9.63 Å². The standard InChI is InChI=1S/C12H11FN4O4/c13-8-2-1-7(11(18)19)5-9(8)17-12(20)14-4-3-10-15-6-16-21-10/h1-2,5-6H,3-4H2,(H,18,19)(H2,14,17,20). The third-order valence-corrected chi connectivity index (χ3v) is 2.49. The Labute approximate surface area is 118 Å². The zero-order valence-electron chi connectivity index (χ0n) is 10.7. The molecule has 3 N–H and O–H groups in total. The van der Waals surface area contributed by atoms with Gasteiger partial charge in [0.05, 0.1) is 11.3 Å². The number of aromatic nitrogens is 2. The third-order valence-electron chi connectivity index (χ3n) is 2.49. The molecule has 0 aliphatic carbocycles. The van der Waals surface area contributed by atoms with E-state index in [0.717, 1.165) is 18.2 Å². The third kappa shape index (κ3) is 4.00. The van der Waals surface area contributed by atoms with Crippen LogP contribution in [0.4, 0.5) is 14.9 Å². The molecule has 0 radical (unpaired) electrons. The summed E-state index contributed by atoms with van der Waals surface area (Å²) < 4.78 is 18.2. The summed E-state index contributed by atoms with van der Waals surface area (Å²) in [6, 6.07) is 2.44. The van der Waals surface area contributed by atoms with Gasteiger partial charge in [-0.1, -0.05) is 5.16 Å². The molecule has 2 amide bonds. The second-order valence-electron chi connectivity index (χ2n) is 3.97. The van der Waals surface area contributed by atoms with Crippen LogP contribution in [0.1, 0.15) is 16.2 Å². The number of amides is 2. The van der Waals surface area contributed by atoms with Crippen LogP contribution in [-0.2, 0) is 6.42 Å². The van der Waals surface area contributed by atoms with Crippen molar-refractivity contribution in [2.75, 3.05) is 11.9 Å². The van der Waals surface area contributed by atoms with Gasteiger partial charge in [-0.3, -0.25) is 0 Å². The smallest absolute Gasteiger partial charge is 0.335 e. The van der Waals surface area contributed by atoms with Crippen molar-refractivity contribution in [3.8, 4) is 0 Å². The molecule has 21 heavy (non-hydrogen) atoms. The Hall–Kier alpha value is -2.97. The molecule has 2 aromatic rings. The number of nitrogens with one attached hydrogen (secondary N) is 2. The summed E-state index contributed by atoms with van der Waals surface area (Å²) in [6.45, 7) is 0.203. The zero-order valence-corrected chi connectivity index (χ0v) is 10.7. The molecule has 0 saturated carbocycles. The second-order valence-corrected chi connectivity index (χ2v) is 3.97. The summed E-state index contributed by atoms with van der Waals surface area (Å²) in [7, 11) is 0. The van der Waals surface area contributed by atoms with Crippen LogP contribution in [0.2, 0.25) is 0 Å². The monoisotopic (exact) mass is 294 g/mol. The fraction of sp³-hybridized carbons (Fsp3) is 0.167. The minimum atomic E-state index is -1.21. The average Bonchev–Trinajstić information content (AvgIpc) is 2.94. The zero-order chi connectivity index (χ0) is 15.2. The Morgan fingerprint density at radius 3 is 2.86 bits per heavy atom. The number of carboxylic acid groups (broad SMARTS) is 1. The largest absolute Gasteiger partial charge is 0.478 e. The quantitative estimate of drug-likeness (QED) is 0.764. The molecule has 0 atom stereocenters. The molecular weight excluding hydrogens is 283 g/mol. The Bertz CT molecular complexity index is 645. The Morgan fingerprint density at radius 1 is 1.38 bits per heavy atom. The molecule has 0 bridgehead atoms. The lowest BCUT2D eigenvalue weighted by Gasteiger charge is -2.08. The van der Waals surface area contributed by atoms with Crippen molar-refractivity contribution in [2.24, 2.45) is 0 Å². The molecule has 0 spiro atoms. The lowest BCUT2D eigenvalue weighted by atomic mass is 10.2. The average molecular weight is 294 g/mol. The highest BCUT2D eigenvalue weighted by Gasteiger charge is 2.11. The number of anilines is 1. The molecule has 1 aromatic heterocycles. The molecule has 0 aliphatic heterocycles. The molecule has 0 aliphatic rings. The molecule has 2 rings (SSSR count). The lowest BCUT2D eigenvalue weighted by molar-refractivity contribution is 0.0697. The lowest BCUT2D eigenvalue weighted by Crippen LogP contribution is -2.30. The number of benzene rings is 1. The van der Waals surface area contributed by atoms with Gasteiger partial charge in [0.1, 0.15) is 5.82 Å². The fourth-order valence-corrected chi connectivity index (χ4v) is 1.51. The van der Waals surface area contributed by atoms with Crippen molar-refractivity contribution in [2.45, 2.75) is 6.42 Å². The number of hydrogen-bond donors (Lipinski definition) is 3. The predicted octanol–water partition coefficient (Wildman–Crippen LogP) is 1.27. The molecule has 9 heteroatoms. The summed E-state index contributed by atoms with van der Waals surface area (Å²) in [5.41, 5.74) is -0.345. The van der Waals surface area contributed by atoms with Crippen LogP contribution in [0.3, 0.4) is 0 Å². The number of halogens is 1. The van der Waals surface area contributed by atoms with Gasteiger partial charge in [-0.05, 0) is 18.2 Å². The molecule has 110 valence electrons. The summed E-state index contributed by atoms with van der Waals surface area (Å²) in [6.07, 6.45) is 1.56. The maximum absolute atomic E-state index is 13.5. The van der Waals surface area contributed by atoms with Gasteiger partial charge in [0.25, 0.3) is 0 Å². The number of hydrogen-bond acceptors (Lipinski definition) is 5. The first-order chi connectivity index (χ1) is 10.1. The van der Waals surface area contributed by atoms with Crippen LogP contribution in [0.5, 0.6) is 0 Å². The molecule has 1 aromatic carbocycles. The van der Waals surface area contributed by atoms with Crippen LogP contribution in [0, 0.1) is 5.82 Å². The molecule has 1 heterocycles. The molecule has 0 saturated heterocycles. The van der Waals surface area contributed by atoms with E-state index >= 15 is 0 Å². The number of carbonyl (C=O) groups is 2. The normalized spacial score (nSPS) is 10.1. The van der Waals surface area contributed by atoms with Gasteiger partial charge in [-0.25, -0.2) is 14.0 Å². The van der Waals surface area contributed by atoms with Gasteiger partial charge < -0.3 is 20.3 Å². The van der Waals surface area contributed by atoms with Crippen LogP contribution >= 0.6 is 0 Å². The van der Waals surface area contributed by atoms with Crippen molar-refractivity contribution in [3.05, 3.63) is 41.8 Å². The first-order valence-electron chi connectivity index (χ1n) is 5.89. The van der Waals surface area contributed by atoms with Crippen LogP contribution in [0.25, 0.3) is 0 Å². The van der Waals surface area contributed by atoms with E-state index in [9.17, 15) is 14.0 Å². The Morgan fingerprint density at radius 2 is 2.19 bits per heavy atom. The van der Waals surface area contributed by atoms with Crippen molar-refractivity contribution in [1.82, 2.24) is 15.5 Å². The summed E-state index contributed by atoms with van der Waals surface area (Å²) in [4.78, 5) is 26.1. The summed E-state index contributed by atoms with van der Waals surface area (Å²) >= 11 is 0.